The van der Waals surface area contributed by atoms with E-state index in [0.29, 0.717) is 11.6 Å². The first kappa shape index (κ1) is 11.5. The molecule has 2 aromatic rings. The number of rotatable bonds is 3. The number of halogens is 1. The maximum absolute atomic E-state index is 11.0. The number of anilines is 1. The predicted octanol–water partition coefficient (Wildman–Crippen LogP) is 1.27. The molecule has 88 valence electrons. The smallest absolute Gasteiger partial charge is 0.254 e. The van der Waals surface area contributed by atoms with Gasteiger partial charge >= 0.3 is 0 Å². The lowest BCUT2D eigenvalue weighted by atomic mass is 10.2. The molecule has 1 aromatic heterocycles. The van der Waals surface area contributed by atoms with Crippen LogP contribution in [0.3, 0.4) is 0 Å². The molecule has 1 aromatic carbocycles. The van der Waals surface area contributed by atoms with E-state index in [-0.39, 0.29) is 11.4 Å². The van der Waals surface area contributed by atoms with E-state index in [1.165, 1.54) is 10.9 Å². The molecule has 0 saturated heterocycles. The van der Waals surface area contributed by atoms with Gasteiger partial charge in [0.05, 0.1) is 12.7 Å². The second kappa shape index (κ2) is 4.47. The van der Waals surface area contributed by atoms with Crippen LogP contribution in [-0.2, 0) is 6.54 Å². The number of carbonyl (C=O) groups excluding carboxylic acids is 1. The fourth-order valence-electron chi connectivity index (χ4n) is 1.50. The third kappa shape index (κ3) is 2.24. The zero-order chi connectivity index (χ0) is 12.4. The molecule has 1 heterocycles. The van der Waals surface area contributed by atoms with Gasteiger partial charge in [-0.1, -0.05) is 29.8 Å². The molecule has 0 saturated carbocycles. The number of nitrogens with two attached hydrogens (primary N) is 2. The lowest BCUT2D eigenvalue weighted by molar-refractivity contribution is 0.100. The van der Waals surface area contributed by atoms with E-state index in [0.717, 1.165) is 5.56 Å². The van der Waals surface area contributed by atoms with E-state index in [4.69, 9.17) is 23.1 Å². The fraction of sp³-hybridized carbons (Fsp3) is 0.0909. The van der Waals surface area contributed by atoms with Crippen molar-refractivity contribution < 1.29 is 4.79 Å². The van der Waals surface area contributed by atoms with Crippen molar-refractivity contribution in [3.8, 4) is 0 Å². The number of carbonyl (C=O) groups is 1. The fourth-order valence-corrected chi connectivity index (χ4v) is 1.69. The van der Waals surface area contributed by atoms with Crippen LogP contribution in [0, 0.1) is 0 Å². The second-order valence-electron chi connectivity index (χ2n) is 3.56. The molecule has 0 unspecified atom stereocenters. The van der Waals surface area contributed by atoms with Gasteiger partial charge in [0.2, 0.25) is 0 Å². The van der Waals surface area contributed by atoms with Crippen molar-refractivity contribution in [3.63, 3.8) is 0 Å². The zero-order valence-electron chi connectivity index (χ0n) is 8.93. The number of primary amides is 1. The van der Waals surface area contributed by atoms with Crippen LogP contribution in [0.25, 0.3) is 0 Å². The Bertz CT molecular complexity index is 564. The molecule has 2 rings (SSSR count). The van der Waals surface area contributed by atoms with Gasteiger partial charge in [0.15, 0.2) is 0 Å². The number of hydrogen-bond donors (Lipinski definition) is 2. The normalized spacial score (nSPS) is 10.4. The first-order valence-electron chi connectivity index (χ1n) is 4.94. The average Bonchev–Trinajstić information content (AvgIpc) is 2.64. The number of aromatic nitrogens is 2. The SMILES string of the molecule is NC(=O)c1cnn(Cc2ccccc2Cl)c1N. The lowest BCUT2D eigenvalue weighted by Gasteiger charge is -2.06. The molecular formula is C11H11ClN4O. The first-order valence-corrected chi connectivity index (χ1v) is 5.32. The van der Waals surface area contributed by atoms with Crippen LogP contribution in [-0.4, -0.2) is 15.7 Å². The molecule has 0 aliphatic carbocycles. The second-order valence-corrected chi connectivity index (χ2v) is 3.96. The van der Waals surface area contributed by atoms with Crippen LogP contribution in [0.15, 0.2) is 30.5 Å². The van der Waals surface area contributed by atoms with Gasteiger partial charge in [-0.05, 0) is 11.6 Å². The van der Waals surface area contributed by atoms with Crippen LogP contribution in [0.4, 0.5) is 5.82 Å². The zero-order valence-corrected chi connectivity index (χ0v) is 9.69. The highest BCUT2D eigenvalue weighted by molar-refractivity contribution is 6.31. The largest absolute Gasteiger partial charge is 0.383 e. The van der Waals surface area contributed by atoms with Crippen LogP contribution in [0.5, 0.6) is 0 Å². The number of nitrogen functional groups attached to an aromatic ring is 1. The van der Waals surface area contributed by atoms with Gasteiger partial charge in [0, 0.05) is 5.02 Å². The minimum Gasteiger partial charge on any atom is -0.383 e. The highest BCUT2D eigenvalue weighted by atomic mass is 35.5. The summed E-state index contributed by atoms with van der Waals surface area (Å²) in [5.41, 5.74) is 12.0. The Labute approximate surface area is 103 Å². The van der Waals surface area contributed by atoms with Gasteiger partial charge in [-0.2, -0.15) is 5.10 Å². The topological polar surface area (TPSA) is 86.9 Å². The van der Waals surface area contributed by atoms with Crippen molar-refractivity contribution in [2.24, 2.45) is 5.73 Å². The first-order chi connectivity index (χ1) is 8.09. The van der Waals surface area contributed by atoms with Crippen molar-refractivity contribution >= 4 is 23.3 Å². The summed E-state index contributed by atoms with van der Waals surface area (Å²) < 4.78 is 1.49. The van der Waals surface area contributed by atoms with Crippen molar-refractivity contribution in [2.75, 3.05) is 5.73 Å². The summed E-state index contributed by atoms with van der Waals surface area (Å²) in [7, 11) is 0. The summed E-state index contributed by atoms with van der Waals surface area (Å²) in [5, 5.41) is 4.63. The third-order valence-corrected chi connectivity index (χ3v) is 2.79. The molecule has 5 nitrogen and oxygen atoms in total. The number of hydrogen-bond acceptors (Lipinski definition) is 3. The molecule has 0 spiro atoms. The predicted molar refractivity (Wildman–Crippen MR) is 65.7 cm³/mol. The van der Waals surface area contributed by atoms with Crippen molar-refractivity contribution in [2.45, 2.75) is 6.54 Å². The molecule has 0 aliphatic rings. The molecule has 0 fully saturated rings. The van der Waals surface area contributed by atoms with Gasteiger partial charge in [0.25, 0.3) is 5.91 Å². The van der Waals surface area contributed by atoms with Crippen LogP contribution >= 0.6 is 11.6 Å². The summed E-state index contributed by atoms with van der Waals surface area (Å²) in [6.07, 6.45) is 1.36. The van der Waals surface area contributed by atoms with Gasteiger partial charge in [0.1, 0.15) is 11.4 Å². The number of amides is 1. The minimum atomic E-state index is -0.590. The average molecular weight is 251 g/mol. The van der Waals surface area contributed by atoms with Crippen LogP contribution in [0.1, 0.15) is 15.9 Å². The van der Waals surface area contributed by atoms with E-state index in [2.05, 4.69) is 5.10 Å². The highest BCUT2D eigenvalue weighted by Crippen LogP contribution is 2.18. The van der Waals surface area contributed by atoms with Gasteiger partial charge < -0.3 is 11.5 Å². The Hall–Kier alpha value is -2.01. The van der Waals surface area contributed by atoms with Crippen molar-refractivity contribution in [3.05, 3.63) is 46.6 Å². The maximum Gasteiger partial charge on any atom is 0.254 e. The van der Waals surface area contributed by atoms with Crippen molar-refractivity contribution in [1.82, 2.24) is 9.78 Å². The summed E-state index contributed by atoms with van der Waals surface area (Å²) in [6.45, 7) is 0.402. The molecule has 1 amide bonds. The summed E-state index contributed by atoms with van der Waals surface area (Å²) >= 11 is 6.02. The van der Waals surface area contributed by atoms with E-state index < -0.39 is 5.91 Å². The van der Waals surface area contributed by atoms with Crippen LogP contribution in [0.2, 0.25) is 5.02 Å². The number of nitrogens with zero attached hydrogens (tertiary/aromatic N) is 2. The maximum atomic E-state index is 11.0. The summed E-state index contributed by atoms with van der Waals surface area (Å²) in [4.78, 5) is 11.0. The molecule has 0 radical (unpaired) electrons. The summed E-state index contributed by atoms with van der Waals surface area (Å²) in [6, 6.07) is 7.36. The Kier molecular flexibility index (Phi) is 3.01. The Morgan fingerprint density at radius 2 is 2.12 bits per heavy atom. The van der Waals surface area contributed by atoms with E-state index in [9.17, 15) is 4.79 Å². The Balaban J connectivity index is 2.31. The molecule has 0 atom stereocenters. The monoisotopic (exact) mass is 250 g/mol. The molecule has 0 bridgehead atoms. The number of benzene rings is 1. The van der Waals surface area contributed by atoms with Gasteiger partial charge in [-0.25, -0.2) is 4.68 Å². The summed E-state index contributed by atoms with van der Waals surface area (Å²) in [5.74, 6) is -0.342. The standard InChI is InChI=1S/C11H11ClN4O/c12-9-4-2-1-3-7(9)6-16-10(13)8(5-15-16)11(14)17/h1-5H,6,13H2,(H2,14,17). The molecular weight excluding hydrogens is 240 g/mol. The Morgan fingerprint density at radius 3 is 2.71 bits per heavy atom. The van der Waals surface area contributed by atoms with Gasteiger partial charge in [-0.15, -0.1) is 0 Å². The quantitative estimate of drug-likeness (QED) is 0.860. The van der Waals surface area contributed by atoms with E-state index >= 15 is 0 Å². The Morgan fingerprint density at radius 1 is 1.41 bits per heavy atom. The van der Waals surface area contributed by atoms with E-state index in [1.54, 1.807) is 6.07 Å². The van der Waals surface area contributed by atoms with Crippen LogP contribution < -0.4 is 11.5 Å². The molecule has 0 aliphatic heterocycles. The van der Waals surface area contributed by atoms with E-state index in [1.807, 2.05) is 18.2 Å². The minimum absolute atomic E-state index is 0.219. The third-order valence-electron chi connectivity index (χ3n) is 2.42. The molecule has 17 heavy (non-hydrogen) atoms. The lowest BCUT2D eigenvalue weighted by Crippen LogP contribution is -2.14. The molecule has 6 heteroatoms. The van der Waals surface area contributed by atoms with Gasteiger partial charge in [-0.3, -0.25) is 4.79 Å². The molecule has 4 N–H and O–H groups in total. The van der Waals surface area contributed by atoms with Crippen molar-refractivity contribution in [1.29, 1.82) is 0 Å². The highest BCUT2D eigenvalue weighted by Gasteiger charge is 2.12.